The summed E-state index contributed by atoms with van der Waals surface area (Å²) in [4.78, 5) is 12.1. The highest BCUT2D eigenvalue weighted by Gasteiger charge is 2.29. The van der Waals surface area contributed by atoms with Gasteiger partial charge in [0.25, 0.3) is 0 Å². The number of rotatable bonds is 6. The molecule has 0 radical (unpaired) electrons. The van der Waals surface area contributed by atoms with Crippen LogP contribution in [-0.4, -0.2) is 24.7 Å². The molecule has 0 aliphatic carbocycles. The summed E-state index contributed by atoms with van der Waals surface area (Å²) in [6.45, 7) is 0.903. The van der Waals surface area contributed by atoms with E-state index in [1.54, 1.807) is 0 Å². The van der Waals surface area contributed by atoms with Gasteiger partial charge in [-0.2, -0.15) is 0 Å². The Morgan fingerprint density at radius 2 is 1.88 bits per heavy atom. The van der Waals surface area contributed by atoms with Gasteiger partial charge in [0.2, 0.25) is 5.91 Å². The molecule has 1 amide bonds. The van der Waals surface area contributed by atoms with E-state index in [9.17, 15) is 4.79 Å². The lowest BCUT2D eigenvalue weighted by molar-refractivity contribution is -0.132. The number of amides is 1. The standard InChI is InChI=1S/C19H22N2O3.ClH/c20-12-17-9-10-18(24-17)19(22)21-13-14-5-4-8-16(11-14)23-15-6-2-1-3-7-15;/h1-8,11,17-18H,9-10,12-13,20H2,(H,21,22);1H/t17-,18+;/m1./s1. The molecule has 3 rings (SSSR count). The molecule has 0 saturated carbocycles. The van der Waals surface area contributed by atoms with Gasteiger partial charge in [-0.3, -0.25) is 4.79 Å². The second-order valence-electron chi connectivity index (χ2n) is 5.84. The quantitative estimate of drug-likeness (QED) is 0.828. The van der Waals surface area contributed by atoms with Crippen molar-refractivity contribution < 1.29 is 14.3 Å². The van der Waals surface area contributed by atoms with Gasteiger partial charge in [0.1, 0.15) is 17.6 Å². The first-order valence-corrected chi connectivity index (χ1v) is 8.19. The molecule has 6 heteroatoms. The molecule has 134 valence electrons. The summed E-state index contributed by atoms with van der Waals surface area (Å²) < 4.78 is 11.4. The van der Waals surface area contributed by atoms with Crippen LogP contribution in [0, 0.1) is 0 Å². The highest BCUT2D eigenvalue weighted by Crippen LogP contribution is 2.22. The Kier molecular flexibility index (Phi) is 7.25. The number of para-hydroxylation sites is 1. The minimum absolute atomic E-state index is 0. The molecule has 5 nitrogen and oxygen atoms in total. The molecule has 1 fully saturated rings. The van der Waals surface area contributed by atoms with Crippen LogP contribution in [-0.2, 0) is 16.1 Å². The summed E-state index contributed by atoms with van der Waals surface area (Å²) in [7, 11) is 0. The number of hydrogen-bond donors (Lipinski definition) is 2. The molecule has 1 aliphatic rings. The van der Waals surface area contributed by atoms with Crippen LogP contribution in [0.4, 0.5) is 0 Å². The van der Waals surface area contributed by atoms with Gasteiger partial charge >= 0.3 is 0 Å². The zero-order valence-electron chi connectivity index (χ0n) is 13.9. The van der Waals surface area contributed by atoms with Gasteiger partial charge in [-0.25, -0.2) is 0 Å². The third-order valence-corrected chi connectivity index (χ3v) is 4.01. The largest absolute Gasteiger partial charge is 0.457 e. The summed E-state index contributed by atoms with van der Waals surface area (Å²) in [5.74, 6) is 1.44. The zero-order chi connectivity index (χ0) is 16.8. The van der Waals surface area contributed by atoms with E-state index in [-0.39, 0.29) is 30.5 Å². The molecule has 0 spiro atoms. The van der Waals surface area contributed by atoms with Gasteiger partial charge in [-0.1, -0.05) is 30.3 Å². The van der Waals surface area contributed by atoms with E-state index in [1.807, 2.05) is 54.6 Å². The maximum Gasteiger partial charge on any atom is 0.249 e. The first-order chi connectivity index (χ1) is 11.7. The average molecular weight is 363 g/mol. The third kappa shape index (κ3) is 5.46. The van der Waals surface area contributed by atoms with Gasteiger partial charge in [-0.15, -0.1) is 12.4 Å². The highest BCUT2D eigenvalue weighted by molar-refractivity contribution is 5.85. The smallest absolute Gasteiger partial charge is 0.249 e. The van der Waals surface area contributed by atoms with Crippen LogP contribution >= 0.6 is 12.4 Å². The molecule has 1 saturated heterocycles. The van der Waals surface area contributed by atoms with Crippen LogP contribution in [0.25, 0.3) is 0 Å². The molecule has 0 unspecified atom stereocenters. The van der Waals surface area contributed by atoms with Crippen LogP contribution in [0.5, 0.6) is 11.5 Å². The maximum absolute atomic E-state index is 12.1. The molecule has 1 aliphatic heterocycles. The Labute approximate surface area is 153 Å². The van der Waals surface area contributed by atoms with Crippen molar-refractivity contribution in [3.8, 4) is 11.5 Å². The zero-order valence-corrected chi connectivity index (χ0v) is 14.7. The second-order valence-corrected chi connectivity index (χ2v) is 5.84. The van der Waals surface area contributed by atoms with Crippen molar-refractivity contribution in [1.82, 2.24) is 5.32 Å². The van der Waals surface area contributed by atoms with Gasteiger partial charge < -0.3 is 20.5 Å². The molecule has 0 aromatic heterocycles. The number of ether oxygens (including phenoxy) is 2. The van der Waals surface area contributed by atoms with Crippen molar-refractivity contribution >= 4 is 18.3 Å². The fraction of sp³-hybridized carbons (Fsp3) is 0.316. The Bertz CT molecular complexity index is 681. The summed E-state index contributed by atoms with van der Waals surface area (Å²) in [6.07, 6.45) is 1.19. The first-order valence-electron chi connectivity index (χ1n) is 8.19. The molecule has 0 bridgehead atoms. The number of benzene rings is 2. The van der Waals surface area contributed by atoms with Gasteiger partial charge in [0, 0.05) is 13.1 Å². The predicted octanol–water partition coefficient (Wildman–Crippen LogP) is 3.02. The molecule has 25 heavy (non-hydrogen) atoms. The lowest BCUT2D eigenvalue weighted by Crippen LogP contribution is -2.35. The van der Waals surface area contributed by atoms with Crippen LogP contribution in [0.1, 0.15) is 18.4 Å². The van der Waals surface area contributed by atoms with Crippen LogP contribution < -0.4 is 15.8 Å². The minimum atomic E-state index is -0.387. The van der Waals surface area contributed by atoms with Crippen molar-refractivity contribution in [2.24, 2.45) is 5.73 Å². The Morgan fingerprint density at radius 1 is 1.12 bits per heavy atom. The Morgan fingerprint density at radius 3 is 2.60 bits per heavy atom. The Hall–Kier alpha value is -2.08. The summed E-state index contributed by atoms with van der Waals surface area (Å²) in [5, 5.41) is 2.92. The highest BCUT2D eigenvalue weighted by atomic mass is 35.5. The topological polar surface area (TPSA) is 73.6 Å². The molecule has 3 N–H and O–H groups in total. The van der Waals surface area contributed by atoms with E-state index < -0.39 is 0 Å². The molecular weight excluding hydrogens is 340 g/mol. The summed E-state index contributed by atoms with van der Waals surface area (Å²) in [6, 6.07) is 17.3. The third-order valence-electron chi connectivity index (χ3n) is 4.01. The van der Waals surface area contributed by atoms with E-state index in [0.717, 1.165) is 29.9 Å². The van der Waals surface area contributed by atoms with Crippen LogP contribution in [0.15, 0.2) is 54.6 Å². The van der Waals surface area contributed by atoms with Gasteiger partial charge in [0.15, 0.2) is 0 Å². The number of halogens is 1. The minimum Gasteiger partial charge on any atom is -0.457 e. The van der Waals surface area contributed by atoms with Crippen molar-refractivity contribution in [3.63, 3.8) is 0 Å². The molecule has 1 heterocycles. The van der Waals surface area contributed by atoms with Crippen LogP contribution in [0.2, 0.25) is 0 Å². The summed E-state index contributed by atoms with van der Waals surface area (Å²) >= 11 is 0. The van der Waals surface area contributed by atoms with E-state index in [4.69, 9.17) is 15.2 Å². The van der Waals surface area contributed by atoms with E-state index in [2.05, 4.69) is 5.32 Å². The molecule has 2 atom stereocenters. The van der Waals surface area contributed by atoms with Gasteiger partial charge in [0.05, 0.1) is 6.10 Å². The number of hydrogen-bond acceptors (Lipinski definition) is 4. The maximum atomic E-state index is 12.1. The van der Waals surface area contributed by atoms with Gasteiger partial charge in [-0.05, 0) is 42.7 Å². The summed E-state index contributed by atoms with van der Waals surface area (Å²) in [5.41, 5.74) is 6.55. The fourth-order valence-electron chi connectivity index (χ4n) is 2.72. The van der Waals surface area contributed by atoms with Crippen LogP contribution in [0.3, 0.4) is 0 Å². The lowest BCUT2D eigenvalue weighted by Gasteiger charge is -2.13. The average Bonchev–Trinajstić information content (AvgIpc) is 3.10. The number of carbonyl (C=O) groups excluding carboxylic acids is 1. The van der Waals surface area contributed by atoms with E-state index >= 15 is 0 Å². The number of nitrogens with one attached hydrogen (secondary N) is 1. The number of carbonyl (C=O) groups is 1. The van der Waals surface area contributed by atoms with Crippen molar-refractivity contribution in [3.05, 3.63) is 60.2 Å². The Balaban J connectivity index is 0.00000225. The lowest BCUT2D eigenvalue weighted by atomic mass is 10.1. The molecule has 2 aromatic rings. The normalized spacial score (nSPS) is 19.1. The first kappa shape index (κ1) is 19.2. The van der Waals surface area contributed by atoms with E-state index in [0.29, 0.717) is 13.1 Å². The predicted molar refractivity (Wildman–Crippen MR) is 99.0 cm³/mol. The number of nitrogens with two attached hydrogens (primary N) is 1. The van der Waals surface area contributed by atoms with E-state index in [1.165, 1.54) is 0 Å². The van der Waals surface area contributed by atoms with Crippen molar-refractivity contribution in [1.29, 1.82) is 0 Å². The van der Waals surface area contributed by atoms with Crippen molar-refractivity contribution in [2.75, 3.05) is 6.54 Å². The second kappa shape index (κ2) is 9.42. The monoisotopic (exact) mass is 362 g/mol. The van der Waals surface area contributed by atoms with Crippen molar-refractivity contribution in [2.45, 2.75) is 31.6 Å². The fourth-order valence-corrected chi connectivity index (χ4v) is 2.72. The molecule has 2 aromatic carbocycles. The SMILES string of the molecule is Cl.NC[C@H]1CC[C@@H](C(=O)NCc2cccc(Oc3ccccc3)c2)O1. The molecular formula is C19H23ClN2O3.